The quantitative estimate of drug-likeness (QED) is 0.327. The Bertz CT molecular complexity index is 1460. The van der Waals surface area contributed by atoms with E-state index in [4.69, 9.17) is 0 Å². The van der Waals surface area contributed by atoms with Crippen LogP contribution in [0.2, 0.25) is 0 Å². The van der Waals surface area contributed by atoms with Gasteiger partial charge >= 0.3 is 0 Å². The molecule has 3 aromatic carbocycles. The first kappa shape index (κ1) is 24.8. The molecule has 35 heavy (non-hydrogen) atoms. The molecular weight excluding hydrogens is 470 g/mol. The maximum absolute atomic E-state index is 14.8. The molecule has 4 rings (SSSR count). The van der Waals surface area contributed by atoms with Gasteiger partial charge in [0.2, 0.25) is 10.0 Å². The van der Waals surface area contributed by atoms with E-state index in [1.165, 1.54) is 41.0 Å². The third kappa shape index (κ3) is 5.04. The van der Waals surface area contributed by atoms with Gasteiger partial charge in [-0.05, 0) is 29.3 Å². The van der Waals surface area contributed by atoms with Crippen LogP contribution in [0.1, 0.15) is 30.0 Å². The third-order valence-corrected chi connectivity index (χ3v) is 7.88. The zero-order valence-electron chi connectivity index (χ0n) is 19.5. The summed E-state index contributed by atoms with van der Waals surface area (Å²) in [7, 11) is -2.60. The van der Waals surface area contributed by atoms with Crippen LogP contribution in [-0.4, -0.2) is 17.3 Å². The van der Waals surface area contributed by atoms with Crippen LogP contribution in [0.5, 0.6) is 0 Å². The van der Waals surface area contributed by atoms with Crippen LogP contribution in [0.25, 0.3) is 10.9 Å². The molecule has 0 spiro atoms. The number of aromatic nitrogens is 1. The molecule has 0 amide bonds. The Morgan fingerprint density at radius 1 is 0.857 bits per heavy atom. The largest absolute Gasteiger partial charge is 0.311 e. The molecule has 0 aliphatic rings. The average Bonchev–Trinajstić information content (AvgIpc) is 2.86. The summed E-state index contributed by atoms with van der Waals surface area (Å²) in [5.41, 5.74) is 0.804. The van der Waals surface area contributed by atoms with Crippen LogP contribution in [0.3, 0.4) is 0 Å². The van der Waals surface area contributed by atoms with Crippen LogP contribution < -0.4 is 5.56 Å². The highest BCUT2D eigenvalue weighted by atomic mass is 32.2. The van der Waals surface area contributed by atoms with Gasteiger partial charge in [0, 0.05) is 43.6 Å². The molecule has 4 aromatic rings. The van der Waals surface area contributed by atoms with Crippen LogP contribution in [0.15, 0.2) is 94.6 Å². The number of hydrogen-bond donors (Lipinski definition) is 0. The van der Waals surface area contributed by atoms with E-state index in [0.29, 0.717) is 0 Å². The number of sulfonamides is 1. The lowest BCUT2D eigenvalue weighted by molar-refractivity contribution is -0.00692. The van der Waals surface area contributed by atoms with Crippen molar-refractivity contribution in [1.82, 2.24) is 8.87 Å². The van der Waals surface area contributed by atoms with Crippen molar-refractivity contribution in [3.05, 3.63) is 112 Å². The van der Waals surface area contributed by atoms with Crippen molar-refractivity contribution in [3.63, 3.8) is 0 Å². The van der Waals surface area contributed by atoms with Crippen LogP contribution in [0, 0.1) is 0 Å². The monoisotopic (exact) mass is 496 g/mol. The van der Waals surface area contributed by atoms with Crippen molar-refractivity contribution in [3.8, 4) is 0 Å². The van der Waals surface area contributed by atoms with Crippen molar-refractivity contribution < 1.29 is 17.2 Å². The Morgan fingerprint density at radius 3 is 1.91 bits per heavy atom. The molecule has 0 unspecified atom stereocenters. The summed E-state index contributed by atoms with van der Waals surface area (Å²) in [5, 5.41) is 0.0411. The first-order chi connectivity index (χ1) is 16.6. The molecule has 0 N–H and O–H groups in total. The van der Waals surface area contributed by atoms with Gasteiger partial charge < -0.3 is 4.57 Å². The normalized spacial score (nSPS) is 12.4. The smallest absolute Gasteiger partial charge is 0.273 e. The molecule has 182 valence electrons. The van der Waals surface area contributed by atoms with E-state index >= 15 is 0 Å². The minimum atomic E-state index is -4.08. The fraction of sp³-hybridized carbons (Fsp3) is 0.222. The summed E-state index contributed by atoms with van der Waals surface area (Å²) in [5.74, 6) is -3.28. The molecule has 0 fully saturated rings. The number of alkyl halides is 2. The molecule has 0 aliphatic carbocycles. The molecule has 1 heterocycles. The van der Waals surface area contributed by atoms with Crippen LogP contribution in [0.4, 0.5) is 8.78 Å². The average molecular weight is 497 g/mol. The SMILES string of the molecule is CCC(F)(F)c1cc(=O)n(C)c2ccc(S(=O)(=O)N(Cc3ccccc3)Cc3ccccc3)cc12. The zero-order valence-corrected chi connectivity index (χ0v) is 20.3. The Hall–Kier alpha value is -3.36. The van der Waals surface area contributed by atoms with Crippen molar-refractivity contribution in [1.29, 1.82) is 0 Å². The minimum Gasteiger partial charge on any atom is -0.311 e. The van der Waals surface area contributed by atoms with Gasteiger partial charge in [-0.3, -0.25) is 4.79 Å². The fourth-order valence-electron chi connectivity index (χ4n) is 4.04. The van der Waals surface area contributed by atoms with Gasteiger partial charge in [-0.25, -0.2) is 17.2 Å². The van der Waals surface area contributed by atoms with Gasteiger partial charge in [0.1, 0.15) is 0 Å². The Balaban J connectivity index is 1.86. The number of pyridine rings is 1. The highest BCUT2D eigenvalue weighted by Crippen LogP contribution is 2.36. The first-order valence-corrected chi connectivity index (χ1v) is 12.7. The maximum Gasteiger partial charge on any atom is 0.273 e. The lowest BCUT2D eigenvalue weighted by Gasteiger charge is -2.24. The standard InChI is InChI=1S/C27H26F2N2O3S/c1-3-27(28,29)24-17-26(32)30(2)25-15-14-22(16-23(24)25)35(33,34)31(18-20-10-6-4-7-11-20)19-21-12-8-5-9-13-21/h4-17H,3,18-19H2,1-2H3. The number of hydrogen-bond acceptors (Lipinski definition) is 3. The molecule has 0 bridgehead atoms. The maximum atomic E-state index is 14.8. The predicted molar refractivity (Wildman–Crippen MR) is 133 cm³/mol. The number of benzene rings is 3. The summed E-state index contributed by atoms with van der Waals surface area (Å²) in [4.78, 5) is 12.2. The second-order valence-corrected chi connectivity index (χ2v) is 10.4. The molecule has 0 radical (unpaired) electrons. The van der Waals surface area contributed by atoms with E-state index in [-0.39, 0.29) is 28.9 Å². The first-order valence-electron chi connectivity index (χ1n) is 11.2. The lowest BCUT2D eigenvalue weighted by Crippen LogP contribution is -2.30. The van der Waals surface area contributed by atoms with Crippen molar-refractivity contribution >= 4 is 20.9 Å². The second kappa shape index (κ2) is 9.71. The van der Waals surface area contributed by atoms with Crippen LogP contribution in [-0.2, 0) is 36.1 Å². The molecule has 0 aliphatic heterocycles. The van der Waals surface area contributed by atoms with Gasteiger partial charge in [-0.15, -0.1) is 0 Å². The number of rotatable bonds is 8. The summed E-state index contributed by atoms with van der Waals surface area (Å²) in [6, 6.07) is 23.3. The minimum absolute atomic E-state index is 0.0411. The van der Waals surface area contributed by atoms with E-state index in [1.807, 2.05) is 60.7 Å². The van der Waals surface area contributed by atoms with Gasteiger partial charge in [-0.1, -0.05) is 67.6 Å². The van der Waals surface area contributed by atoms with E-state index < -0.39 is 33.5 Å². The predicted octanol–water partition coefficient (Wildman–Crippen LogP) is 5.43. The van der Waals surface area contributed by atoms with Gasteiger partial charge in [0.25, 0.3) is 11.5 Å². The fourth-order valence-corrected chi connectivity index (χ4v) is 5.49. The van der Waals surface area contributed by atoms with E-state index in [9.17, 15) is 22.0 Å². The molecule has 0 atom stereocenters. The number of halogens is 2. The lowest BCUT2D eigenvalue weighted by atomic mass is 10.0. The molecule has 8 heteroatoms. The van der Waals surface area contributed by atoms with E-state index in [0.717, 1.165) is 17.2 Å². The van der Waals surface area contributed by atoms with Gasteiger partial charge in [0.05, 0.1) is 10.4 Å². The summed E-state index contributed by atoms with van der Waals surface area (Å²) in [6.07, 6.45) is -0.514. The van der Waals surface area contributed by atoms with Crippen molar-refractivity contribution in [2.75, 3.05) is 0 Å². The Kier molecular flexibility index (Phi) is 6.87. The third-order valence-electron chi connectivity index (χ3n) is 6.10. The molecule has 0 saturated carbocycles. The number of aryl methyl sites for hydroxylation is 1. The van der Waals surface area contributed by atoms with Crippen molar-refractivity contribution in [2.24, 2.45) is 7.05 Å². The zero-order chi connectivity index (χ0) is 25.2. The Morgan fingerprint density at radius 2 is 1.40 bits per heavy atom. The van der Waals surface area contributed by atoms with Gasteiger partial charge in [0.15, 0.2) is 0 Å². The molecule has 5 nitrogen and oxygen atoms in total. The number of fused-ring (bicyclic) bond motifs is 1. The molecule has 1 aromatic heterocycles. The second-order valence-electron chi connectivity index (χ2n) is 8.44. The summed E-state index contributed by atoms with van der Waals surface area (Å²) < 4.78 is 59.8. The highest BCUT2D eigenvalue weighted by molar-refractivity contribution is 7.89. The Labute approximate surface area is 203 Å². The summed E-state index contributed by atoms with van der Waals surface area (Å²) >= 11 is 0. The topological polar surface area (TPSA) is 59.4 Å². The molecular formula is C27H26F2N2O3S. The highest BCUT2D eigenvalue weighted by Gasteiger charge is 2.33. The van der Waals surface area contributed by atoms with Crippen LogP contribution >= 0.6 is 0 Å². The van der Waals surface area contributed by atoms with E-state index in [1.54, 1.807) is 0 Å². The van der Waals surface area contributed by atoms with Gasteiger partial charge in [-0.2, -0.15) is 4.31 Å². The molecule has 0 saturated heterocycles. The number of nitrogens with zero attached hydrogens (tertiary/aromatic N) is 2. The van der Waals surface area contributed by atoms with E-state index in [2.05, 4.69) is 0 Å². The van der Waals surface area contributed by atoms with Crippen molar-refractivity contribution in [2.45, 2.75) is 37.3 Å². The summed E-state index contributed by atoms with van der Waals surface area (Å²) in [6.45, 7) is 1.55.